The topological polar surface area (TPSA) is 49.9 Å². The molecule has 0 saturated heterocycles. The molecule has 1 saturated carbocycles. The number of aliphatic imine (C=N–C) groups is 1. The van der Waals surface area contributed by atoms with Gasteiger partial charge >= 0.3 is 0 Å². The quantitative estimate of drug-likeness (QED) is 0.906. The maximum absolute atomic E-state index is 10.6. The Bertz CT molecular complexity index is 707. The molecule has 4 heteroatoms. The zero-order chi connectivity index (χ0) is 14.2. The Morgan fingerprint density at radius 1 is 1.29 bits per heavy atom. The van der Waals surface area contributed by atoms with Crippen LogP contribution in [0.5, 0.6) is 0 Å². The Kier molecular flexibility index (Phi) is 3.26. The van der Waals surface area contributed by atoms with Crippen molar-refractivity contribution in [3.63, 3.8) is 0 Å². The summed E-state index contributed by atoms with van der Waals surface area (Å²) in [5.41, 5.74) is 1.88. The summed E-state index contributed by atoms with van der Waals surface area (Å²) in [6.07, 6.45) is 14.7. The molecule has 0 bridgehead atoms. The molecule has 2 unspecified atom stereocenters. The third-order valence-corrected chi connectivity index (χ3v) is 5.01. The van der Waals surface area contributed by atoms with Gasteiger partial charge in [0.05, 0.1) is 12.1 Å². The third-order valence-electron chi connectivity index (χ3n) is 5.01. The summed E-state index contributed by atoms with van der Waals surface area (Å²) in [6, 6.07) is 2.27. The van der Waals surface area contributed by atoms with Gasteiger partial charge in [0.25, 0.3) is 0 Å². The van der Waals surface area contributed by atoms with E-state index in [2.05, 4.69) is 38.8 Å². The first-order chi connectivity index (χ1) is 10.3. The highest BCUT2D eigenvalue weighted by Crippen LogP contribution is 2.30. The Balaban J connectivity index is 1.59. The molecule has 3 heterocycles. The third kappa shape index (κ3) is 2.27. The largest absolute Gasteiger partial charge is 0.393 e. The van der Waals surface area contributed by atoms with Gasteiger partial charge in [0, 0.05) is 5.35 Å². The Hall–Kier alpha value is -1.68. The highest BCUT2D eigenvalue weighted by atomic mass is 16.3. The summed E-state index contributed by atoms with van der Waals surface area (Å²) in [7, 11) is 0. The number of rotatable bonds is 3. The standard InChI is InChI=1S/C17H21N3O/c21-16(12-5-2-1-3-6-12)10-14-8-4-7-13-9-15-17(20(13)14)19-11-18-15/h4,7-9,11-12,14,16,21H,1-3,5-6,10H2. The SMILES string of the molecule is OC(CC1C=CC=c2cc3c(n21)=NC=N3)C1CCCCC1. The maximum atomic E-state index is 10.6. The number of aliphatic hydroxyl groups excluding tert-OH is 1. The summed E-state index contributed by atoms with van der Waals surface area (Å²) in [4.78, 5) is 8.66. The van der Waals surface area contributed by atoms with Crippen molar-refractivity contribution in [2.45, 2.75) is 50.7 Å². The highest BCUT2D eigenvalue weighted by molar-refractivity contribution is 5.66. The second kappa shape index (κ2) is 5.26. The lowest BCUT2D eigenvalue weighted by Gasteiger charge is -2.29. The second-order valence-corrected chi connectivity index (χ2v) is 6.34. The summed E-state index contributed by atoms with van der Waals surface area (Å²) < 4.78 is 2.22. The summed E-state index contributed by atoms with van der Waals surface area (Å²) >= 11 is 0. The van der Waals surface area contributed by atoms with Crippen LogP contribution in [0.4, 0.5) is 5.69 Å². The van der Waals surface area contributed by atoms with E-state index in [0.717, 1.165) is 22.9 Å². The lowest BCUT2D eigenvalue weighted by Crippen LogP contribution is -2.35. The molecule has 110 valence electrons. The van der Waals surface area contributed by atoms with Gasteiger partial charge in [0.15, 0.2) is 5.49 Å². The Morgan fingerprint density at radius 2 is 2.14 bits per heavy atom. The minimum absolute atomic E-state index is 0.191. The summed E-state index contributed by atoms with van der Waals surface area (Å²) in [5.74, 6) is 0.471. The average Bonchev–Trinajstić information content (AvgIpc) is 3.09. The molecule has 0 radical (unpaired) electrons. The van der Waals surface area contributed by atoms with E-state index in [1.54, 1.807) is 6.34 Å². The molecule has 1 aromatic heterocycles. The lowest BCUT2D eigenvalue weighted by molar-refractivity contribution is 0.0680. The number of allylic oxidation sites excluding steroid dienone is 2. The minimum atomic E-state index is -0.216. The molecule has 0 aromatic carbocycles. The van der Waals surface area contributed by atoms with E-state index in [1.807, 2.05) is 0 Å². The van der Waals surface area contributed by atoms with Crippen molar-refractivity contribution in [3.05, 3.63) is 29.1 Å². The van der Waals surface area contributed by atoms with E-state index in [1.165, 1.54) is 32.1 Å². The molecule has 21 heavy (non-hydrogen) atoms. The second-order valence-electron chi connectivity index (χ2n) is 6.34. The van der Waals surface area contributed by atoms with Crippen LogP contribution in [0.15, 0.2) is 28.2 Å². The highest BCUT2D eigenvalue weighted by Gasteiger charge is 2.26. The molecule has 1 N–H and O–H groups in total. The van der Waals surface area contributed by atoms with Crippen LogP contribution in [-0.2, 0) is 0 Å². The van der Waals surface area contributed by atoms with Crippen molar-refractivity contribution < 1.29 is 5.11 Å². The van der Waals surface area contributed by atoms with Gasteiger partial charge in [-0.2, -0.15) is 0 Å². The number of aliphatic hydroxyl groups is 1. The number of hydrogen-bond acceptors (Lipinski definition) is 3. The summed E-state index contributed by atoms with van der Waals surface area (Å²) in [6.45, 7) is 0. The molecule has 2 atom stereocenters. The zero-order valence-electron chi connectivity index (χ0n) is 12.2. The Labute approximate surface area is 124 Å². The molecule has 3 aliphatic rings. The first-order valence-corrected chi connectivity index (χ1v) is 8.01. The van der Waals surface area contributed by atoms with Gasteiger partial charge < -0.3 is 9.67 Å². The van der Waals surface area contributed by atoms with Crippen LogP contribution in [0.2, 0.25) is 0 Å². The van der Waals surface area contributed by atoms with Crippen LogP contribution in [0, 0.1) is 5.92 Å². The van der Waals surface area contributed by atoms with Gasteiger partial charge in [-0.1, -0.05) is 31.4 Å². The molecule has 1 aromatic rings. The first kappa shape index (κ1) is 13.0. The fourth-order valence-corrected chi connectivity index (χ4v) is 3.88. The smallest absolute Gasteiger partial charge is 0.161 e. The number of fused-ring (bicyclic) bond motifs is 3. The van der Waals surface area contributed by atoms with Crippen LogP contribution in [0.25, 0.3) is 6.08 Å². The lowest BCUT2D eigenvalue weighted by atomic mass is 9.83. The summed E-state index contributed by atoms with van der Waals surface area (Å²) in [5, 5.41) is 11.8. The van der Waals surface area contributed by atoms with Gasteiger partial charge in [0.2, 0.25) is 0 Å². The van der Waals surface area contributed by atoms with Crippen LogP contribution < -0.4 is 10.8 Å². The van der Waals surface area contributed by atoms with Crippen molar-refractivity contribution in [1.29, 1.82) is 0 Å². The van der Waals surface area contributed by atoms with Crippen LogP contribution in [-0.4, -0.2) is 22.1 Å². The fraction of sp³-hybridized carbons (Fsp3) is 0.529. The van der Waals surface area contributed by atoms with Gasteiger partial charge in [-0.15, -0.1) is 0 Å². The van der Waals surface area contributed by atoms with Crippen LogP contribution in [0.1, 0.15) is 44.6 Å². The molecule has 4 rings (SSSR count). The molecular weight excluding hydrogens is 262 g/mol. The van der Waals surface area contributed by atoms with Gasteiger partial charge in [-0.3, -0.25) is 0 Å². The molecule has 0 amide bonds. The van der Waals surface area contributed by atoms with E-state index in [0.29, 0.717) is 5.92 Å². The molecule has 4 nitrogen and oxygen atoms in total. The molecule has 0 spiro atoms. The van der Waals surface area contributed by atoms with E-state index in [4.69, 9.17) is 0 Å². The molecule has 2 aliphatic heterocycles. The van der Waals surface area contributed by atoms with E-state index >= 15 is 0 Å². The van der Waals surface area contributed by atoms with Crippen LogP contribution in [0.3, 0.4) is 0 Å². The average molecular weight is 283 g/mol. The number of hydrogen-bond donors (Lipinski definition) is 1. The number of nitrogens with zero attached hydrogens (tertiary/aromatic N) is 3. The fourth-order valence-electron chi connectivity index (χ4n) is 3.88. The van der Waals surface area contributed by atoms with Crippen molar-refractivity contribution in [2.24, 2.45) is 15.9 Å². The van der Waals surface area contributed by atoms with Crippen molar-refractivity contribution >= 4 is 18.1 Å². The van der Waals surface area contributed by atoms with Crippen molar-refractivity contribution in [1.82, 2.24) is 4.57 Å². The predicted molar refractivity (Wildman–Crippen MR) is 83.2 cm³/mol. The monoisotopic (exact) mass is 283 g/mol. The van der Waals surface area contributed by atoms with E-state index < -0.39 is 0 Å². The van der Waals surface area contributed by atoms with E-state index in [9.17, 15) is 5.11 Å². The Morgan fingerprint density at radius 3 is 3.00 bits per heavy atom. The molecular formula is C17H21N3O. The normalized spacial score (nSPS) is 25.1. The maximum Gasteiger partial charge on any atom is 0.161 e. The van der Waals surface area contributed by atoms with Crippen molar-refractivity contribution in [3.8, 4) is 0 Å². The first-order valence-electron chi connectivity index (χ1n) is 8.01. The van der Waals surface area contributed by atoms with Gasteiger partial charge in [-0.25, -0.2) is 9.98 Å². The van der Waals surface area contributed by atoms with Crippen LogP contribution >= 0.6 is 0 Å². The van der Waals surface area contributed by atoms with Gasteiger partial charge in [0.1, 0.15) is 12.0 Å². The van der Waals surface area contributed by atoms with Crippen molar-refractivity contribution in [2.75, 3.05) is 0 Å². The molecule has 1 aliphatic carbocycles. The van der Waals surface area contributed by atoms with E-state index in [-0.39, 0.29) is 12.1 Å². The van der Waals surface area contributed by atoms with Gasteiger partial charge in [-0.05, 0) is 37.3 Å². The molecule has 1 fully saturated rings. The minimum Gasteiger partial charge on any atom is -0.393 e. The predicted octanol–water partition coefficient (Wildman–Crippen LogP) is 2.00. The zero-order valence-corrected chi connectivity index (χ0v) is 12.2. The number of aromatic nitrogens is 1.